The average molecular weight is 437 g/mol. The summed E-state index contributed by atoms with van der Waals surface area (Å²) in [6.07, 6.45) is 1.26. The lowest BCUT2D eigenvalue weighted by Crippen LogP contribution is -2.43. The van der Waals surface area contributed by atoms with E-state index in [-0.39, 0.29) is 17.3 Å². The van der Waals surface area contributed by atoms with Gasteiger partial charge in [0.1, 0.15) is 5.75 Å². The minimum atomic E-state index is -3.69. The van der Waals surface area contributed by atoms with Gasteiger partial charge in [0.15, 0.2) is 0 Å². The molecule has 1 saturated heterocycles. The zero-order valence-electron chi connectivity index (χ0n) is 16.7. The molecule has 0 unspecified atom stereocenters. The summed E-state index contributed by atoms with van der Waals surface area (Å²) in [6, 6.07) is 10.1. The third-order valence-electron chi connectivity index (χ3n) is 5.22. The first-order chi connectivity index (χ1) is 13.7. The third-order valence-corrected chi connectivity index (χ3v) is 7.31. The van der Waals surface area contributed by atoms with E-state index in [1.807, 2.05) is 13.0 Å². The monoisotopic (exact) mass is 436 g/mol. The van der Waals surface area contributed by atoms with Gasteiger partial charge in [-0.3, -0.25) is 4.79 Å². The average Bonchev–Trinajstić information content (AvgIpc) is 2.70. The molecule has 3 rings (SSSR count). The number of amides is 1. The molecule has 1 aliphatic rings. The Hall–Kier alpha value is -2.09. The van der Waals surface area contributed by atoms with Crippen LogP contribution in [0.4, 0.5) is 5.69 Å². The molecule has 0 aromatic heterocycles. The van der Waals surface area contributed by atoms with Gasteiger partial charge in [-0.25, -0.2) is 8.42 Å². The van der Waals surface area contributed by atoms with Gasteiger partial charge in [0.2, 0.25) is 15.9 Å². The van der Waals surface area contributed by atoms with E-state index in [1.54, 1.807) is 44.4 Å². The molecule has 0 spiro atoms. The van der Waals surface area contributed by atoms with Crippen molar-refractivity contribution >= 4 is 33.2 Å². The number of anilines is 1. The van der Waals surface area contributed by atoms with Crippen LogP contribution < -0.4 is 10.1 Å². The lowest BCUT2D eigenvalue weighted by Gasteiger charge is -2.31. The molecular formula is C21H25ClN2O4S. The Balaban J connectivity index is 1.76. The first-order valence-corrected chi connectivity index (χ1v) is 11.3. The summed E-state index contributed by atoms with van der Waals surface area (Å²) in [5.41, 5.74) is 2.29. The molecule has 6 nitrogen and oxygen atoms in total. The Labute approximate surface area is 176 Å². The zero-order chi connectivity index (χ0) is 21.2. The smallest absolute Gasteiger partial charge is 0.243 e. The van der Waals surface area contributed by atoms with Crippen LogP contribution in [0.5, 0.6) is 5.75 Å². The SMILES string of the molecule is COc1ccc(S(=O)(=O)N2CCC[C@@H](C(=O)Nc3cc(Cl)ccc3C)C2)cc1C. The van der Waals surface area contributed by atoms with Gasteiger partial charge in [0.05, 0.1) is 17.9 Å². The summed E-state index contributed by atoms with van der Waals surface area (Å²) in [5, 5.41) is 3.43. The van der Waals surface area contributed by atoms with E-state index >= 15 is 0 Å². The molecule has 2 aromatic rings. The highest BCUT2D eigenvalue weighted by Gasteiger charge is 2.33. The molecule has 156 valence electrons. The van der Waals surface area contributed by atoms with Gasteiger partial charge >= 0.3 is 0 Å². The number of carbonyl (C=O) groups is 1. The fourth-order valence-electron chi connectivity index (χ4n) is 3.50. The van der Waals surface area contributed by atoms with E-state index in [0.717, 1.165) is 11.1 Å². The molecule has 0 aliphatic carbocycles. The van der Waals surface area contributed by atoms with Gasteiger partial charge in [-0.2, -0.15) is 4.31 Å². The highest BCUT2D eigenvalue weighted by molar-refractivity contribution is 7.89. The van der Waals surface area contributed by atoms with Crippen LogP contribution in [-0.2, 0) is 14.8 Å². The maximum atomic E-state index is 13.1. The predicted molar refractivity (Wildman–Crippen MR) is 114 cm³/mol. The van der Waals surface area contributed by atoms with Crippen LogP contribution in [0, 0.1) is 19.8 Å². The molecule has 29 heavy (non-hydrogen) atoms. The first-order valence-electron chi connectivity index (χ1n) is 9.44. The van der Waals surface area contributed by atoms with Crippen molar-refractivity contribution in [2.24, 2.45) is 5.92 Å². The molecule has 1 heterocycles. The van der Waals surface area contributed by atoms with Gasteiger partial charge in [0.25, 0.3) is 0 Å². The Morgan fingerprint density at radius 3 is 2.62 bits per heavy atom. The number of carbonyl (C=O) groups excluding carboxylic acids is 1. The van der Waals surface area contributed by atoms with Crippen LogP contribution in [0.2, 0.25) is 5.02 Å². The Morgan fingerprint density at radius 1 is 1.17 bits per heavy atom. The van der Waals surface area contributed by atoms with E-state index in [2.05, 4.69) is 5.32 Å². The summed E-state index contributed by atoms with van der Waals surface area (Å²) >= 11 is 6.02. The van der Waals surface area contributed by atoms with Crippen molar-refractivity contribution in [2.75, 3.05) is 25.5 Å². The Bertz CT molecular complexity index is 1020. The highest BCUT2D eigenvalue weighted by Crippen LogP contribution is 2.28. The molecule has 0 radical (unpaired) electrons. The van der Waals surface area contributed by atoms with Crippen molar-refractivity contribution in [3.8, 4) is 5.75 Å². The van der Waals surface area contributed by atoms with Crippen LogP contribution in [-0.4, -0.2) is 38.8 Å². The zero-order valence-corrected chi connectivity index (χ0v) is 18.3. The van der Waals surface area contributed by atoms with Crippen LogP contribution in [0.15, 0.2) is 41.3 Å². The fraction of sp³-hybridized carbons (Fsp3) is 0.381. The second kappa shape index (κ2) is 8.73. The number of rotatable bonds is 5. The van der Waals surface area contributed by atoms with Crippen LogP contribution in [0.1, 0.15) is 24.0 Å². The molecule has 1 N–H and O–H groups in total. The van der Waals surface area contributed by atoms with Gasteiger partial charge in [-0.15, -0.1) is 0 Å². The van der Waals surface area contributed by atoms with E-state index in [9.17, 15) is 13.2 Å². The number of sulfonamides is 1. The van der Waals surface area contributed by atoms with Gasteiger partial charge in [0, 0.05) is 23.8 Å². The van der Waals surface area contributed by atoms with Gasteiger partial charge in [-0.1, -0.05) is 17.7 Å². The summed E-state index contributed by atoms with van der Waals surface area (Å²) in [4.78, 5) is 13.0. The maximum absolute atomic E-state index is 13.1. The van der Waals surface area contributed by atoms with Crippen molar-refractivity contribution in [3.63, 3.8) is 0 Å². The van der Waals surface area contributed by atoms with Crippen molar-refractivity contribution in [2.45, 2.75) is 31.6 Å². The van der Waals surface area contributed by atoms with Crippen molar-refractivity contribution < 1.29 is 17.9 Å². The maximum Gasteiger partial charge on any atom is 0.243 e. The number of nitrogens with zero attached hydrogens (tertiary/aromatic N) is 1. The number of aryl methyl sites for hydroxylation is 2. The number of hydrogen-bond acceptors (Lipinski definition) is 4. The fourth-order valence-corrected chi connectivity index (χ4v) is 5.28. The standard InChI is InChI=1S/C21H25ClN2O4S/c1-14-6-7-17(22)12-19(14)23-21(25)16-5-4-10-24(13-16)29(26,27)18-8-9-20(28-3)15(2)11-18/h6-9,11-12,16H,4-5,10,13H2,1-3H3,(H,23,25)/t16-/m1/s1. The molecule has 2 aromatic carbocycles. The molecule has 8 heteroatoms. The number of ether oxygens (including phenoxy) is 1. The normalized spacial score (nSPS) is 17.7. The van der Waals surface area contributed by atoms with Crippen LogP contribution in [0.25, 0.3) is 0 Å². The second-order valence-corrected chi connectivity index (χ2v) is 9.66. The summed E-state index contributed by atoms with van der Waals surface area (Å²) in [7, 11) is -2.14. The van der Waals surface area contributed by atoms with E-state index in [0.29, 0.717) is 35.8 Å². The first kappa shape index (κ1) is 21.6. The minimum absolute atomic E-state index is 0.152. The van der Waals surface area contributed by atoms with E-state index < -0.39 is 15.9 Å². The second-order valence-electron chi connectivity index (χ2n) is 7.28. The number of piperidine rings is 1. The summed E-state index contributed by atoms with van der Waals surface area (Å²) in [5.74, 6) is 0.0224. The molecule has 1 atom stereocenters. The van der Waals surface area contributed by atoms with Crippen molar-refractivity contribution in [3.05, 3.63) is 52.5 Å². The molecule has 1 aliphatic heterocycles. The molecule has 1 fully saturated rings. The van der Waals surface area contributed by atoms with Crippen LogP contribution >= 0.6 is 11.6 Å². The van der Waals surface area contributed by atoms with Crippen molar-refractivity contribution in [1.82, 2.24) is 4.31 Å². The summed E-state index contributed by atoms with van der Waals surface area (Å²) < 4.78 is 32.8. The lowest BCUT2D eigenvalue weighted by atomic mass is 9.98. The van der Waals surface area contributed by atoms with Crippen LogP contribution in [0.3, 0.4) is 0 Å². The number of nitrogens with one attached hydrogen (secondary N) is 1. The largest absolute Gasteiger partial charge is 0.496 e. The minimum Gasteiger partial charge on any atom is -0.496 e. The molecule has 0 bridgehead atoms. The number of hydrogen-bond donors (Lipinski definition) is 1. The third kappa shape index (κ3) is 4.74. The number of methoxy groups -OCH3 is 1. The Morgan fingerprint density at radius 2 is 1.93 bits per heavy atom. The molecular weight excluding hydrogens is 412 g/mol. The topological polar surface area (TPSA) is 75.7 Å². The number of benzene rings is 2. The van der Waals surface area contributed by atoms with E-state index in [4.69, 9.17) is 16.3 Å². The lowest BCUT2D eigenvalue weighted by molar-refractivity contribution is -0.120. The molecule has 1 amide bonds. The molecule has 0 saturated carbocycles. The predicted octanol–water partition coefficient (Wildman–Crippen LogP) is 4.00. The van der Waals surface area contributed by atoms with Gasteiger partial charge in [-0.05, 0) is 68.1 Å². The number of halogens is 1. The highest BCUT2D eigenvalue weighted by atomic mass is 35.5. The van der Waals surface area contributed by atoms with Crippen molar-refractivity contribution in [1.29, 1.82) is 0 Å². The Kier molecular flexibility index (Phi) is 6.51. The summed E-state index contributed by atoms with van der Waals surface area (Å²) in [6.45, 7) is 4.24. The van der Waals surface area contributed by atoms with E-state index in [1.165, 1.54) is 4.31 Å². The van der Waals surface area contributed by atoms with Gasteiger partial charge < -0.3 is 10.1 Å². The quantitative estimate of drug-likeness (QED) is 0.768.